The summed E-state index contributed by atoms with van der Waals surface area (Å²) in [6.07, 6.45) is 5.00. The van der Waals surface area contributed by atoms with Gasteiger partial charge in [0.15, 0.2) is 0 Å². The molecule has 20 heavy (non-hydrogen) atoms. The third-order valence-corrected chi connectivity index (χ3v) is 4.53. The number of piperidine rings is 1. The van der Waals surface area contributed by atoms with Crippen LogP contribution in [0.3, 0.4) is 0 Å². The van der Waals surface area contributed by atoms with Gasteiger partial charge in [-0.25, -0.2) is 4.79 Å². The Labute approximate surface area is 119 Å². The second kappa shape index (κ2) is 6.92. The highest BCUT2D eigenvalue weighted by atomic mass is 16.4. The number of urea groups is 1. The Morgan fingerprint density at radius 1 is 1.20 bits per heavy atom. The highest BCUT2D eigenvalue weighted by Gasteiger charge is 2.29. The highest BCUT2D eigenvalue weighted by Crippen LogP contribution is 2.24. The zero-order valence-electron chi connectivity index (χ0n) is 12.1. The van der Waals surface area contributed by atoms with Crippen LogP contribution < -0.4 is 10.6 Å². The van der Waals surface area contributed by atoms with Crippen LogP contribution in [-0.4, -0.2) is 54.2 Å². The van der Waals surface area contributed by atoms with Crippen LogP contribution in [0.5, 0.6) is 0 Å². The van der Waals surface area contributed by atoms with Gasteiger partial charge in [0.25, 0.3) is 0 Å². The van der Waals surface area contributed by atoms with Crippen LogP contribution in [0.1, 0.15) is 38.5 Å². The van der Waals surface area contributed by atoms with E-state index < -0.39 is 5.97 Å². The van der Waals surface area contributed by atoms with Gasteiger partial charge >= 0.3 is 12.0 Å². The van der Waals surface area contributed by atoms with Crippen LogP contribution in [0.25, 0.3) is 0 Å². The lowest BCUT2D eigenvalue weighted by atomic mass is 9.86. The molecule has 0 aromatic rings. The molecular weight excluding hydrogens is 258 g/mol. The number of hydrogen-bond acceptors (Lipinski definition) is 3. The van der Waals surface area contributed by atoms with Gasteiger partial charge in [0.1, 0.15) is 0 Å². The molecule has 3 N–H and O–H groups in total. The number of carbonyl (C=O) groups excluding carboxylic acids is 1. The molecule has 1 saturated carbocycles. The van der Waals surface area contributed by atoms with Crippen molar-refractivity contribution >= 4 is 12.0 Å². The first-order chi connectivity index (χ1) is 9.58. The third-order valence-electron chi connectivity index (χ3n) is 4.53. The first kappa shape index (κ1) is 15.1. The van der Waals surface area contributed by atoms with Crippen molar-refractivity contribution in [2.24, 2.45) is 5.92 Å². The Morgan fingerprint density at radius 2 is 1.90 bits per heavy atom. The van der Waals surface area contributed by atoms with Gasteiger partial charge in [-0.3, -0.25) is 4.79 Å². The van der Waals surface area contributed by atoms with Crippen LogP contribution in [-0.2, 0) is 4.79 Å². The van der Waals surface area contributed by atoms with Gasteiger partial charge in [-0.15, -0.1) is 0 Å². The van der Waals surface area contributed by atoms with Crippen molar-refractivity contribution < 1.29 is 14.7 Å². The van der Waals surface area contributed by atoms with Crippen molar-refractivity contribution in [3.05, 3.63) is 0 Å². The van der Waals surface area contributed by atoms with Crippen LogP contribution in [0.15, 0.2) is 0 Å². The molecule has 0 spiro atoms. The summed E-state index contributed by atoms with van der Waals surface area (Å²) in [5.41, 5.74) is 0. The minimum atomic E-state index is -0.740. The number of hydrogen-bond donors (Lipinski definition) is 3. The van der Waals surface area contributed by atoms with E-state index in [9.17, 15) is 9.59 Å². The minimum absolute atomic E-state index is 0.00140. The SMILES string of the molecule is CN(C(=O)NC1CCCC(C(=O)O)C1)C1CCNCC1. The summed E-state index contributed by atoms with van der Waals surface area (Å²) in [6, 6.07) is 0.226. The molecule has 2 fully saturated rings. The molecule has 2 aliphatic rings. The number of amides is 2. The Morgan fingerprint density at radius 3 is 2.55 bits per heavy atom. The molecule has 2 unspecified atom stereocenters. The maximum absolute atomic E-state index is 12.2. The Balaban J connectivity index is 1.82. The van der Waals surface area contributed by atoms with E-state index in [-0.39, 0.29) is 24.0 Å². The van der Waals surface area contributed by atoms with Gasteiger partial charge in [0.2, 0.25) is 0 Å². The second-order valence-corrected chi connectivity index (χ2v) is 5.94. The number of carbonyl (C=O) groups is 2. The Hall–Kier alpha value is -1.30. The van der Waals surface area contributed by atoms with E-state index in [1.165, 1.54) is 0 Å². The third kappa shape index (κ3) is 3.85. The van der Waals surface area contributed by atoms with E-state index in [2.05, 4.69) is 10.6 Å². The predicted molar refractivity (Wildman–Crippen MR) is 75.6 cm³/mol. The highest BCUT2D eigenvalue weighted by molar-refractivity contribution is 5.75. The monoisotopic (exact) mass is 283 g/mol. The number of nitrogens with zero attached hydrogens (tertiary/aromatic N) is 1. The molecule has 1 heterocycles. The molecule has 6 heteroatoms. The largest absolute Gasteiger partial charge is 0.481 e. The molecule has 2 atom stereocenters. The van der Waals surface area contributed by atoms with Crippen molar-refractivity contribution in [2.75, 3.05) is 20.1 Å². The second-order valence-electron chi connectivity index (χ2n) is 5.94. The fraction of sp³-hybridized carbons (Fsp3) is 0.857. The summed E-state index contributed by atoms with van der Waals surface area (Å²) < 4.78 is 0. The van der Waals surface area contributed by atoms with Crippen molar-refractivity contribution in [2.45, 2.75) is 50.6 Å². The summed E-state index contributed by atoms with van der Waals surface area (Å²) in [5, 5.41) is 15.4. The maximum atomic E-state index is 12.2. The minimum Gasteiger partial charge on any atom is -0.481 e. The molecular formula is C14H25N3O3. The molecule has 2 amide bonds. The lowest BCUT2D eigenvalue weighted by molar-refractivity contribution is -0.143. The molecule has 6 nitrogen and oxygen atoms in total. The summed E-state index contributed by atoms with van der Waals surface area (Å²) in [4.78, 5) is 25.1. The fourth-order valence-corrected chi connectivity index (χ4v) is 3.18. The Kier molecular flexibility index (Phi) is 5.23. The van der Waals surface area contributed by atoms with E-state index in [4.69, 9.17) is 5.11 Å². The fourth-order valence-electron chi connectivity index (χ4n) is 3.18. The van der Waals surface area contributed by atoms with Crippen LogP contribution >= 0.6 is 0 Å². The summed E-state index contributed by atoms with van der Waals surface area (Å²) in [6.45, 7) is 1.90. The smallest absolute Gasteiger partial charge is 0.317 e. The molecule has 0 aromatic heterocycles. The summed E-state index contributed by atoms with van der Waals surface area (Å²) >= 11 is 0. The first-order valence-corrected chi connectivity index (χ1v) is 7.54. The molecule has 0 aromatic carbocycles. The molecule has 0 bridgehead atoms. The normalized spacial score (nSPS) is 27.9. The standard InChI is InChI=1S/C14H25N3O3/c1-17(12-5-7-15-8-6-12)14(20)16-11-4-2-3-10(9-11)13(18)19/h10-12,15H,2-9H2,1H3,(H,16,20)(H,18,19). The van der Waals surface area contributed by atoms with Gasteiger partial charge < -0.3 is 20.6 Å². The van der Waals surface area contributed by atoms with Gasteiger partial charge in [-0.1, -0.05) is 6.42 Å². The van der Waals surface area contributed by atoms with Crippen molar-refractivity contribution in [3.8, 4) is 0 Å². The molecule has 0 radical (unpaired) electrons. The quantitative estimate of drug-likeness (QED) is 0.722. The van der Waals surface area contributed by atoms with Gasteiger partial charge in [-0.2, -0.15) is 0 Å². The molecule has 2 rings (SSSR count). The number of carboxylic acid groups (broad SMARTS) is 1. The lowest BCUT2D eigenvalue weighted by Crippen LogP contribution is -2.51. The van der Waals surface area contributed by atoms with E-state index in [0.29, 0.717) is 6.42 Å². The summed E-state index contributed by atoms with van der Waals surface area (Å²) in [7, 11) is 1.84. The number of rotatable bonds is 3. The molecule has 1 aliphatic carbocycles. The maximum Gasteiger partial charge on any atom is 0.317 e. The van der Waals surface area contributed by atoms with E-state index in [1.807, 2.05) is 7.05 Å². The number of nitrogens with one attached hydrogen (secondary N) is 2. The predicted octanol–water partition coefficient (Wildman–Crippen LogP) is 1.02. The van der Waals surface area contributed by atoms with Crippen molar-refractivity contribution in [1.82, 2.24) is 15.5 Å². The number of carboxylic acids is 1. The van der Waals surface area contributed by atoms with Crippen molar-refractivity contribution in [1.29, 1.82) is 0 Å². The molecule has 1 aliphatic heterocycles. The topological polar surface area (TPSA) is 81.7 Å². The van der Waals surface area contributed by atoms with E-state index >= 15 is 0 Å². The van der Waals surface area contributed by atoms with Crippen LogP contribution in [0.4, 0.5) is 4.79 Å². The average Bonchev–Trinajstić information content (AvgIpc) is 2.47. The number of aliphatic carboxylic acids is 1. The average molecular weight is 283 g/mol. The van der Waals surface area contributed by atoms with Gasteiger partial charge in [-0.05, 0) is 45.2 Å². The Bertz CT molecular complexity index is 356. The van der Waals surface area contributed by atoms with Gasteiger partial charge in [0.05, 0.1) is 5.92 Å². The van der Waals surface area contributed by atoms with E-state index in [0.717, 1.165) is 45.2 Å². The van der Waals surface area contributed by atoms with Crippen molar-refractivity contribution in [3.63, 3.8) is 0 Å². The lowest BCUT2D eigenvalue weighted by Gasteiger charge is -2.34. The van der Waals surface area contributed by atoms with Gasteiger partial charge in [0, 0.05) is 19.1 Å². The molecule has 114 valence electrons. The first-order valence-electron chi connectivity index (χ1n) is 7.54. The molecule has 1 saturated heterocycles. The van der Waals surface area contributed by atoms with Crippen LogP contribution in [0.2, 0.25) is 0 Å². The van der Waals surface area contributed by atoms with E-state index in [1.54, 1.807) is 4.90 Å². The zero-order valence-corrected chi connectivity index (χ0v) is 12.1. The van der Waals surface area contributed by atoms with Crippen LogP contribution in [0, 0.1) is 5.92 Å². The zero-order chi connectivity index (χ0) is 14.5. The summed E-state index contributed by atoms with van der Waals surface area (Å²) in [5.74, 6) is -1.05.